The quantitative estimate of drug-likeness (QED) is 0.271. The highest BCUT2D eigenvalue weighted by Gasteiger charge is 2.17. The molecular weight excluding hydrogens is 379 g/mol. The molecule has 1 heterocycles. The summed E-state index contributed by atoms with van der Waals surface area (Å²) in [4.78, 5) is 23.7. The summed E-state index contributed by atoms with van der Waals surface area (Å²) in [5.74, 6) is -1.01. The zero-order chi connectivity index (χ0) is 21.0. The maximum atomic E-state index is 13.7. The Morgan fingerprint density at radius 1 is 1.17 bits per heavy atom. The molecule has 0 atom stereocenters. The zero-order valence-electron chi connectivity index (χ0n) is 16.2. The fraction of sp³-hybridized carbons (Fsp3) is 0.182. The molecule has 0 aliphatic heterocycles. The van der Waals surface area contributed by atoms with Gasteiger partial charge in [0.15, 0.2) is 0 Å². The molecule has 0 aliphatic carbocycles. The van der Waals surface area contributed by atoms with Crippen LogP contribution in [0.1, 0.15) is 16.7 Å². The Morgan fingerprint density at radius 3 is 2.66 bits per heavy atom. The van der Waals surface area contributed by atoms with Gasteiger partial charge in [0, 0.05) is 17.0 Å². The van der Waals surface area contributed by atoms with Crippen molar-refractivity contribution in [3.63, 3.8) is 0 Å². The molecule has 3 rings (SSSR count). The van der Waals surface area contributed by atoms with E-state index in [1.165, 1.54) is 33.5 Å². The molecule has 0 unspecified atom stereocenters. The number of hydrogen-bond acceptors (Lipinski definition) is 6. The van der Waals surface area contributed by atoms with Crippen molar-refractivity contribution in [2.24, 2.45) is 0 Å². The third kappa shape index (κ3) is 4.13. The van der Waals surface area contributed by atoms with Crippen LogP contribution in [0, 0.1) is 12.7 Å². The molecule has 0 amide bonds. The monoisotopic (exact) mass is 398 g/mol. The summed E-state index contributed by atoms with van der Waals surface area (Å²) in [6.45, 7) is 1.64. The lowest BCUT2D eigenvalue weighted by molar-refractivity contribution is -0.133. The van der Waals surface area contributed by atoms with Crippen LogP contribution in [0.5, 0.6) is 5.75 Å². The molecule has 0 saturated heterocycles. The molecule has 0 fully saturated rings. The van der Waals surface area contributed by atoms with E-state index in [0.29, 0.717) is 16.7 Å². The Bertz CT molecular complexity index is 1150. The van der Waals surface area contributed by atoms with Crippen LogP contribution in [0.15, 0.2) is 57.9 Å². The molecule has 0 N–H and O–H groups in total. The van der Waals surface area contributed by atoms with Crippen LogP contribution in [0.2, 0.25) is 0 Å². The highest BCUT2D eigenvalue weighted by molar-refractivity contribution is 6.16. The third-order valence-electron chi connectivity index (χ3n) is 4.41. The van der Waals surface area contributed by atoms with Crippen LogP contribution in [0.25, 0.3) is 16.5 Å². The Hall–Kier alpha value is -3.61. The first-order valence-corrected chi connectivity index (χ1v) is 8.71. The molecule has 150 valence electrons. The number of fused-ring (bicyclic) bond motifs is 1. The second kappa shape index (κ2) is 8.60. The predicted octanol–water partition coefficient (Wildman–Crippen LogP) is 3.98. The van der Waals surface area contributed by atoms with Crippen LogP contribution >= 0.6 is 0 Å². The number of rotatable bonds is 6. The Labute approximate surface area is 166 Å². The molecule has 2 aromatic carbocycles. The van der Waals surface area contributed by atoms with Gasteiger partial charge in [0.1, 0.15) is 23.5 Å². The number of aryl methyl sites for hydroxylation is 1. The minimum absolute atomic E-state index is 0.129. The summed E-state index contributed by atoms with van der Waals surface area (Å²) in [6.07, 6.45) is 1.31. The first-order chi connectivity index (χ1) is 14.0. The van der Waals surface area contributed by atoms with Gasteiger partial charge < -0.3 is 18.6 Å². The molecule has 0 saturated carbocycles. The van der Waals surface area contributed by atoms with Crippen molar-refractivity contribution in [1.29, 1.82) is 0 Å². The summed E-state index contributed by atoms with van der Waals surface area (Å²) in [6, 6.07) is 12.0. The topological polar surface area (TPSA) is 75.0 Å². The minimum atomic E-state index is -1.02. The summed E-state index contributed by atoms with van der Waals surface area (Å²) < 4.78 is 34.4. The van der Waals surface area contributed by atoms with Gasteiger partial charge in [-0.15, -0.1) is 0 Å². The van der Waals surface area contributed by atoms with Gasteiger partial charge in [-0.1, -0.05) is 24.3 Å². The van der Waals surface area contributed by atoms with Crippen LogP contribution < -0.4 is 10.4 Å². The molecule has 0 spiro atoms. The van der Waals surface area contributed by atoms with Crippen molar-refractivity contribution in [3.8, 4) is 5.75 Å². The largest absolute Gasteiger partial charge is 0.503 e. The first-order valence-electron chi connectivity index (χ1n) is 8.71. The number of benzene rings is 2. The number of esters is 1. The maximum Gasteiger partial charge on any atom is 0.372 e. The van der Waals surface area contributed by atoms with Crippen LogP contribution in [0.3, 0.4) is 0 Å². The third-order valence-corrected chi connectivity index (χ3v) is 4.41. The van der Waals surface area contributed by atoms with Gasteiger partial charge in [-0.05, 0) is 30.2 Å². The number of carbonyl (C=O) groups excluding carboxylic acids is 1. The molecular formula is C22H19FO6. The number of halogens is 1. The van der Waals surface area contributed by atoms with Gasteiger partial charge in [-0.2, -0.15) is 4.39 Å². The molecule has 0 aliphatic rings. The van der Waals surface area contributed by atoms with Crippen molar-refractivity contribution in [3.05, 3.63) is 81.7 Å². The Morgan fingerprint density at radius 2 is 1.93 bits per heavy atom. The van der Waals surface area contributed by atoms with Crippen molar-refractivity contribution >= 4 is 22.5 Å². The first kappa shape index (κ1) is 20.1. The van der Waals surface area contributed by atoms with Gasteiger partial charge in [0.25, 0.3) is 0 Å². The van der Waals surface area contributed by atoms with E-state index >= 15 is 0 Å². The molecule has 1 aromatic heterocycles. The number of carbonyl (C=O) groups is 1. The normalized spacial score (nSPS) is 11.4. The highest BCUT2D eigenvalue weighted by atomic mass is 19.1. The van der Waals surface area contributed by atoms with Crippen molar-refractivity contribution < 1.29 is 27.8 Å². The van der Waals surface area contributed by atoms with E-state index in [1.54, 1.807) is 24.3 Å². The minimum Gasteiger partial charge on any atom is -0.503 e. The summed E-state index contributed by atoms with van der Waals surface area (Å²) in [5, 5.41) is 0.492. The fourth-order valence-electron chi connectivity index (χ4n) is 2.92. The number of hydrogen-bond donors (Lipinski definition) is 0. The Balaban J connectivity index is 1.91. The molecule has 7 heteroatoms. The number of ether oxygens (including phenoxy) is 3. The second-order valence-corrected chi connectivity index (χ2v) is 6.19. The van der Waals surface area contributed by atoms with Crippen LogP contribution in [-0.4, -0.2) is 20.2 Å². The molecule has 0 radical (unpaired) electrons. The van der Waals surface area contributed by atoms with E-state index < -0.39 is 17.4 Å². The van der Waals surface area contributed by atoms with Gasteiger partial charge in [0.2, 0.25) is 5.82 Å². The average Bonchev–Trinajstić information content (AvgIpc) is 2.74. The summed E-state index contributed by atoms with van der Waals surface area (Å²) in [5.41, 5.74) is 1.01. The van der Waals surface area contributed by atoms with Crippen LogP contribution in [0.4, 0.5) is 4.39 Å². The van der Waals surface area contributed by atoms with E-state index in [9.17, 15) is 14.0 Å². The lowest BCUT2D eigenvalue weighted by Gasteiger charge is -2.13. The van der Waals surface area contributed by atoms with Crippen molar-refractivity contribution in [2.75, 3.05) is 14.2 Å². The fourth-order valence-corrected chi connectivity index (χ4v) is 2.92. The average molecular weight is 398 g/mol. The van der Waals surface area contributed by atoms with E-state index in [0.717, 1.165) is 5.56 Å². The number of methoxy groups -OCH3 is 2. The van der Waals surface area contributed by atoms with E-state index in [2.05, 4.69) is 0 Å². The predicted molar refractivity (Wildman–Crippen MR) is 105 cm³/mol. The second-order valence-electron chi connectivity index (χ2n) is 6.19. The lowest BCUT2D eigenvalue weighted by atomic mass is 10.0. The van der Waals surface area contributed by atoms with Crippen molar-refractivity contribution in [1.82, 2.24) is 0 Å². The zero-order valence-corrected chi connectivity index (χ0v) is 16.2. The van der Waals surface area contributed by atoms with E-state index in [1.807, 2.05) is 12.1 Å². The molecule has 29 heavy (non-hydrogen) atoms. The van der Waals surface area contributed by atoms with Gasteiger partial charge in [0.05, 0.1) is 20.5 Å². The maximum absolute atomic E-state index is 13.7. The van der Waals surface area contributed by atoms with E-state index in [4.69, 9.17) is 18.6 Å². The SMILES string of the molecule is CO/C=C(/C(=O)OC)c1ccccc1COc1ccc2c(C)c(F)c(=O)oc2c1. The molecule has 3 aromatic rings. The standard InChI is InChI=1S/C22H19FO6/c1-13-16-9-8-15(10-19(16)29-22(25)20(13)23)28-11-14-6-4-5-7-17(14)18(12-26-2)21(24)27-3/h4-10,12H,11H2,1-3H3/b18-12+. The highest BCUT2D eigenvalue weighted by Crippen LogP contribution is 2.26. The van der Waals surface area contributed by atoms with Gasteiger partial charge >= 0.3 is 11.6 Å². The van der Waals surface area contributed by atoms with E-state index in [-0.39, 0.29) is 23.3 Å². The molecule has 0 bridgehead atoms. The Kier molecular flexibility index (Phi) is 5.97. The van der Waals surface area contributed by atoms with Crippen LogP contribution in [-0.2, 0) is 20.9 Å². The van der Waals surface area contributed by atoms with Gasteiger partial charge in [-0.3, -0.25) is 0 Å². The summed E-state index contributed by atoms with van der Waals surface area (Å²) >= 11 is 0. The lowest BCUT2D eigenvalue weighted by Crippen LogP contribution is -2.08. The smallest absolute Gasteiger partial charge is 0.372 e. The summed E-state index contributed by atoms with van der Waals surface area (Å²) in [7, 11) is 2.73. The van der Waals surface area contributed by atoms with Gasteiger partial charge in [-0.25, -0.2) is 9.59 Å². The molecule has 6 nitrogen and oxygen atoms in total. The van der Waals surface area contributed by atoms with Crippen molar-refractivity contribution in [2.45, 2.75) is 13.5 Å².